The minimum absolute atomic E-state index is 0.0270. The van der Waals surface area contributed by atoms with Crippen molar-refractivity contribution in [2.45, 2.75) is 11.1 Å². The van der Waals surface area contributed by atoms with Crippen LogP contribution < -0.4 is 9.62 Å². The van der Waals surface area contributed by atoms with E-state index in [0.29, 0.717) is 5.69 Å². The van der Waals surface area contributed by atoms with Gasteiger partial charge in [-0.25, -0.2) is 8.42 Å². The highest BCUT2D eigenvalue weighted by Crippen LogP contribution is 2.31. The second-order valence-corrected chi connectivity index (χ2v) is 9.10. The summed E-state index contributed by atoms with van der Waals surface area (Å²) in [7, 11) is -4.11. The Morgan fingerprint density at radius 1 is 1.03 bits per heavy atom. The van der Waals surface area contributed by atoms with E-state index in [4.69, 9.17) is 11.6 Å². The molecule has 1 N–H and O–H groups in total. The number of rotatable bonds is 7. The van der Waals surface area contributed by atoms with E-state index in [1.807, 2.05) is 0 Å². The normalized spacial score (nSPS) is 11.6. The summed E-state index contributed by atoms with van der Waals surface area (Å²) >= 11 is 6.10. The summed E-state index contributed by atoms with van der Waals surface area (Å²) in [6, 6.07) is 16.0. The average Bonchev–Trinajstić information content (AvgIpc) is 2.77. The molecule has 0 aromatic heterocycles. The van der Waals surface area contributed by atoms with Crippen molar-refractivity contribution in [3.63, 3.8) is 0 Å². The summed E-state index contributed by atoms with van der Waals surface area (Å²) in [5.41, 5.74) is -0.869. The summed E-state index contributed by atoms with van der Waals surface area (Å²) in [4.78, 5) is 12.5. The topological polar surface area (TPSA) is 66.5 Å². The van der Waals surface area contributed by atoms with E-state index in [2.05, 4.69) is 11.9 Å². The standard InChI is InChI=1S/C23H18ClF3N2O3S/c1-2-13-29(18-9-4-3-5-10-18)33(31,32)19-11-12-21(24)20(15-19)22(30)28-17-8-6-7-16(14-17)23(25,26)27/h2-12,14-15H,1,13H2,(H,28,30). The van der Waals surface area contributed by atoms with Gasteiger partial charge < -0.3 is 5.32 Å². The lowest BCUT2D eigenvalue weighted by molar-refractivity contribution is -0.137. The molecule has 0 spiro atoms. The molecule has 0 aliphatic heterocycles. The van der Waals surface area contributed by atoms with Crippen molar-refractivity contribution in [3.05, 3.63) is 102 Å². The van der Waals surface area contributed by atoms with Gasteiger partial charge in [0.2, 0.25) is 0 Å². The molecule has 0 saturated carbocycles. The van der Waals surface area contributed by atoms with Crippen LogP contribution in [0.4, 0.5) is 24.5 Å². The lowest BCUT2D eigenvalue weighted by Gasteiger charge is -2.23. The fraction of sp³-hybridized carbons (Fsp3) is 0.0870. The maximum atomic E-state index is 13.3. The molecule has 172 valence electrons. The molecule has 0 atom stereocenters. The zero-order valence-corrected chi connectivity index (χ0v) is 18.6. The van der Waals surface area contributed by atoms with Crippen molar-refractivity contribution in [2.24, 2.45) is 0 Å². The zero-order chi connectivity index (χ0) is 24.2. The van der Waals surface area contributed by atoms with Crippen LogP contribution >= 0.6 is 11.6 Å². The smallest absolute Gasteiger partial charge is 0.322 e. The van der Waals surface area contributed by atoms with Gasteiger partial charge in [0.15, 0.2) is 0 Å². The van der Waals surface area contributed by atoms with Crippen molar-refractivity contribution in [3.8, 4) is 0 Å². The predicted molar refractivity (Wildman–Crippen MR) is 122 cm³/mol. The first-order valence-electron chi connectivity index (χ1n) is 9.51. The molecule has 1 amide bonds. The molecule has 3 rings (SSSR count). The Hall–Kier alpha value is -3.30. The Morgan fingerprint density at radius 2 is 1.73 bits per heavy atom. The number of para-hydroxylation sites is 1. The molecule has 33 heavy (non-hydrogen) atoms. The van der Waals surface area contributed by atoms with Gasteiger partial charge in [0, 0.05) is 5.69 Å². The minimum atomic E-state index is -4.58. The van der Waals surface area contributed by atoms with Crippen LogP contribution in [-0.4, -0.2) is 20.9 Å². The molecular weight excluding hydrogens is 477 g/mol. The Balaban J connectivity index is 1.96. The Labute approximate surface area is 194 Å². The van der Waals surface area contributed by atoms with Gasteiger partial charge in [0.25, 0.3) is 15.9 Å². The van der Waals surface area contributed by atoms with E-state index in [9.17, 15) is 26.4 Å². The lowest BCUT2D eigenvalue weighted by Crippen LogP contribution is -2.31. The molecule has 0 unspecified atom stereocenters. The van der Waals surface area contributed by atoms with Gasteiger partial charge in [-0.2, -0.15) is 13.2 Å². The van der Waals surface area contributed by atoms with Crippen LogP contribution in [0.25, 0.3) is 0 Å². The fourth-order valence-corrected chi connectivity index (χ4v) is 4.66. The van der Waals surface area contributed by atoms with Crippen LogP contribution in [0.2, 0.25) is 5.02 Å². The number of benzene rings is 3. The van der Waals surface area contributed by atoms with Gasteiger partial charge >= 0.3 is 6.18 Å². The lowest BCUT2D eigenvalue weighted by atomic mass is 10.1. The molecule has 0 fully saturated rings. The van der Waals surface area contributed by atoms with E-state index in [1.54, 1.807) is 30.3 Å². The number of carbonyl (C=O) groups excluding carboxylic acids is 1. The van der Waals surface area contributed by atoms with E-state index in [-0.39, 0.29) is 27.7 Å². The highest BCUT2D eigenvalue weighted by atomic mass is 35.5. The summed E-state index contributed by atoms with van der Waals surface area (Å²) in [6.45, 7) is 3.57. The highest BCUT2D eigenvalue weighted by molar-refractivity contribution is 7.92. The van der Waals surface area contributed by atoms with Gasteiger partial charge in [0.05, 0.1) is 33.3 Å². The van der Waals surface area contributed by atoms with E-state index < -0.39 is 27.7 Å². The SMILES string of the molecule is C=CCN(c1ccccc1)S(=O)(=O)c1ccc(Cl)c(C(=O)Nc2cccc(C(F)(F)F)c2)c1. The molecule has 0 heterocycles. The number of alkyl halides is 3. The number of sulfonamides is 1. The summed E-state index contributed by atoms with van der Waals surface area (Å²) in [5.74, 6) is -0.855. The molecule has 0 radical (unpaired) electrons. The van der Waals surface area contributed by atoms with E-state index in [1.165, 1.54) is 24.3 Å². The maximum Gasteiger partial charge on any atom is 0.416 e. The second kappa shape index (κ2) is 9.68. The fourth-order valence-electron chi connectivity index (χ4n) is 2.99. The number of hydrogen-bond acceptors (Lipinski definition) is 3. The van der Waals surface area contributed by atoms with Crippen LogP contribution in [-0.2, 0) is 16.2 Å². The molecular formula is C23H18ClF3N2O3S. The van der Waals surface area contributed by atoms with Gasteiger partial charge in [-0.15, -0.1) is 6.58 Å². The second-order valence-electron chi connectivity index (χ2n) is 6.83. The van der Waals surface area contributed by atoms with Crippen LogP contribution in [0, 0.1) is 0 Å². The first-order valence-corrected chi connectivity index (χ1v) is 11.3. The molecule has 0 aliphatic carbocycles. The van der Waals surface area contributed by atoms with Crippen LogP contribution in [0.3, 0.4) is 0 Å². The number of nitrogens with zero attached hydrogens (tertiary/aromatic N) is 1. The van der Waals surface area contributed by atoms with Crippen molar-refractivity contribution < 1.29 is 26.4 Å². The maximum absolute atomic E-state index is 13.3. The number of nitrogens with one attached hydrogen (secondary N) is 1. The Morgan fingerprint density at radius 3 is 2.36 bits per heavy atom. The highest BCUT2D eigenvalue weighted by Gasteiger charge is 2.31. The molecule has 0 saturated heterocycles. The molecule has 3 aromatic carbocycles. The first-order chi connectivity index (χ1) is 15.5. The van der Waals surface area contributed by atoms with Crippen LogP contribution in [0.15, 0.2) is 90.3 Å². The summed E-state index contributed by atoms with van der Waals surface area (Å²) in [5, 5.41) is 2.27. The summed E-state index contributed by atoms with van der Waals surface area (Å²) < 4.78 is 66.5. The number of carbonyl (C=O) groups is 1. The quantitative estimate of drug-likeness (QED) is 0.410. The molecule has 5 nitrogen and oxygen atoms in total. The van der Waals surface area contributed by atoms with Gasteiger partial charge in [-0.05, 0) is 48.5 Å². The van der Waals surface area contributed by atoms with Crippen molar-refractivity contribution in [1.29, 1.82) is 0 Å². The number of halogens is 4. The zero-order valence-electron chi connectivity index (χ0n) is 17.0. The predicted octanol–water partition coefficient (Wildman–Crippen LogP) is 5.99. The van der Waals surface area contributed by atoms with E-state index in [0.717, 1.165) is 28.6 Å². The Bertz CT molecular complexity index is 1280. The average molecular weight is 495 g/mol. The molecule has 0 aliphatic rings. The van der Waals surface area contributed by atoms with Crippen molar-refractivity contribution in [2.75, 3.05) is 16.2 Å². The number of anilines is 2. The summed E-state index contributed by atoms with van der Waals surface area (Å²) in [6.07, 6.45) is -3.17. The largest absolute Gasteiger partial charge is 0.416 e. The van der Waals surface area contributed by atoms with Gasteiger partial charge in [-0.3, -0.25) is 9.10 Å². The van der Waals surface area contributed by atoms with Crippen LogP contribution in [0.5, 0.6) is 0 Å². The van der Waals surface area contributed by atoms with Crippen molar-refractivity contribution >= 4 is 38.9 Å². The van der Waals surface area contributed by atoms with Crippen molar-refractivity contribution in [1.82, 2.24) is 0 Å². The minimum Gasteiger partial charge on any atom is -0.322 e. The third-order valence-electron chi connectivity index (χ3n) is 4.56. The first kappa shape index (κ1) is 24.3. The number of hydrogen-bond donors (Lipinski definition) is 1. The van der Waals surface area contributed by atoms with Gasteiger partial charge in [0.1, 0.15) is 0 Å². The number of amides is 1. The Kier molecular flexibility index (Phi) is 7.14. The van der Waals surface area contributed by atoms with Crippen LogP contribution in [0.1, 0.15) is 15.9 Å². The third-order valence-corrected chi connectivity index (χ3v) is 6.68. The third kappa shape index (κ3) is 5.55. The molecule has 10 heteroatoms. The molecule has 3 aromatic rings. The van der Waals surface area contributed by atoms with E-state index >= 15 is 0 Å². The molecule has 0 bridgehead atoms. The monoisotopic (exact) mass is 494 g/mol. The van der Waals surface area contributed by atoms with Gasteiger partial charge in [-0.1, -0.05) is 41.9 Å².